The molecule has 2 aromatic rings. The largest absolute Gasteiger partial charge is 0.497 e. The van der Waals surface area contributed by atoms with Crippen molar-refractivity contribution >= 4 is 23.2 Å². The molecular weight excluding hydrogens is 392 g/mol. The minimum Gasteiger partial charge on any atom is -0.497 e. The zero-order chi connectivity index (χ0) is 20.6. The summed E-state index contributed by atoms with van der Waals surface area (Å²) in [6.07, 6.45) is 0. The smallest absolute Gasteiger partial charge is 0.193 e. The first kappa shape index (κ1) is 21.2. The zero-order valence-electron chi connectivity index (χ0n) is 16.7. The van der Waals surface area contributed by atoms with E-state index in [1.54, 1.807) is 14.2 Å². The molecule has 0 spiro atoms. The van der Waals surface area contributed by atoms with Gasteiger partial charge >= 0.3 is 0 Å². The molecule has 0 radical (unpaired) electrons. The lowest BCUT2D eigenvalue weighted by atomic mass is 10.0. The van der Waals surface area contributed by atoms with E-state index in [9.17, 15) is 0 Å². The molecule has 156 valence electrons. The highest BCUT2D eigenvalue weighted by Crippen LogP contribution is 2.29. The summed E-state index contributed by atoms with van der Waals surface area (Å²) in [7, 11) is 3.22. The van der Waals surface area contributed by atoms with E-state index in [1.165, 1.54) is 0 Å². The first-order valence-electron chi connectivity index (χ1n) is 9.47. The van der Waals surface area contributed by atoms with Gasteiger partial charge in [0.15, 0.2) is 5.96 Å². The molecule has 0 aromatic heterocycles. The number of rotatable bonds is 7. The van der Waals surface area contributed by atoms with Crippen molar-refractivity contribution in [2.24, 2.45) is 10.7 Å². The fraction of sp³-hybridized carbons (Fsp3) is 0.381. The van der Waals surface area contributed by atoms with E-state index in [2.05, 4.69) is 21.3 Å². The van der Waals surface area contributed by atoms with Crippen LogP contribution in [0.5, 0.6) is 11.5 Å². The summed E-state index contributed by atoms with van der Waals surface area (Å²) in [6.45, 7) is 3.57. The molecule has 1 aliphatic heterocycles. The van der Waals surface area contributed by atoms with E-state index < -0.39 is 0 Å². The first-order chi connectivity index (χ1) is 14.1. The summed E-state index contributed by atoms with van der Waals surface area (Å²) >= 11 is 6.22. The lowest BCUT2D eigenvalue weighted by molar-refractivity contribution is 0.0180. The zero-order valence-corrected chi connectivity index (χ0v) is 17.5. The Balaban J connectivity index is 1.78. The number of methoxy groups -OCH3 is 2. The number of nitrogens with zero attached hydrogens (tertiary/aromatic N) is 2. The number of morpholine rings is 1. The molecule has 1 atom stereocenters. The minimum atomic E-state index is 0.0603. The fourth-order valence-corrected chi connectivity index (χ4v) is 3.51. The van der Waals surface area contributed by atoms with E-state index in [0.29, 0.717) is 47.9 Å². The predicted molar refractivity (Wildman–Crippen MR) is 116 cm³/mol. The molecule has 0 saturated carbocycles. The minimum absolute atomic E-state index is 0.0603. The molecule has 3 rings (SSSR count). The topological polar surface area (TPSA) is 81.3 Å². The predicted octanol–water partition coefficient (Wildman–Crippen LogP) is 3.16. The molecule has 7 nitrogen and oxygen atoms in total. The number of nitrogens with one attached hydrogen (secondary N) is 1. The Morgan fingerprint density at radius 1 is 1.21 bits per heavy atom. The van der Waals surface area contributed by atoms with Gasteiger partial charge in [-0.1, -0.05) is 23.7 Å². The first-order valence-corrected chi connectivity index (χ1v) is 9.84. The number of aliphatic imine (C=N–C) groups is 1. The maximum absolute atomic E-state index is 6.22. The van der Waals surface area contributed by atoms with Crippen LogP contribution in [0.4, 0.5) is 5.69 Å². The number of hydrogen-bond donors (Lipinski definition) is 2. The van der Waals surface area contributed by atoms with Crippen LogP contribution in [0.1, 0.15) is 11.6 Å². The van der Waals surface area contributed by atoms with Crippen LogP contribution in [-0.4, -0.2) is 57.9 Å². The van der Waals surface area contributed by atoms with Gasteiger partial charge < -0.3 is 25.3 Å². The molecule has 8 heteroatoms. The van der Waals surface area contributed by atoms with Gasteiger partial charge in [-0.25, -0.2) is 0 Å². The molecule has 2 aromatic carbocycles. The van der Waals surface area contributed by atoms with Gasteiger partial charge in [0, 0.05) is 24.2 Å². The van der Waals surface area contributed by atoms with Crippen molar-refractivity contribution < 1.29 is 14.2 Å². The van der Waals surface area contributed by atoms with Crippen molar-refractivity contribution in [2.75, 3.05) is 52.4 Å². The Morgan fingerprint density at radius 3 is 2.69 bits per heavy atom. The Hall–Kier alpha value is -2.48. The standard InChI is InChI=1S/C21H27ClN4O3/c1-27-17-6-7-20(28-2)18(13-17)25-21(23)24-14-19(26-8-10-29-11-9-26)15-4-3-5-16(22)12-15/h3-7,12-13,19H,8-11,14H2,1-2H3,(H3,23,24,25). The van der Waals surface area contributed by atoms with Gasteiger partial charge in [0.05, 0.1) is 45.7 Å². The SMILES string of the molecule is COc1ccc(OC)c(NC(N)=NCC(c2cccc(Cl)c2)N2CCOCC2)c1. The van der Waals surface area contributed by atoms with Crippen molar-refractivity contribution in [3.8, 4) is 11.5 Å². The molecule has 0 amide bonds. The fourth-order valence-electron chi connectivity index (χ4n) is 3.31. The van der Waals surface area contributed by atoms with E-state index in [4.69, 9.17) is 31.5 Å². The quantitative estimate of drug-likeness (QED) is 0.531. The third-order valence-electron chi connectivity index (χ3n) is 4.82. The number of guanidine groups is 1. The highest BCUT2D eigenvalue weighted by molar-refractivity contribution is 6.30. The van der Waals surface area contributed by atoms with Crippen LogP contribution < -0.4 is 20.5 Å². The number of benzene rings is 2. The second kappa shape index (κ2) is 10.3. The molecule has 1 saturated heterocycles. The van der Waals surface area contributed by atoms with E-state index >= 15 is 0 Å². The van der Waals surface area contributed by atoms with Gasteiger partial charge in [-0.15, -0.1) is 0 Å². The molecule has 1 aliphatic rings. The normalized spacial score (nSPS) is 16.3. The van der Waals surface area contributed by atoms with E-state index in [-0.39, 0.29) is 6.04 Å². The summed E-state index contributed by atoms with van der Waals surface area (Å²) in [5.74, 6) is 1.66. The third-order valence-corrected chi connectivity index (χ3v) is 5.06. The maximum Gasteiger partial charge on any atom is 0.193 e. The molecular formula is C21H27ClN4O3. The molecule has 0 bridgehead atoms. The molecule has 29 heavy (non-hydrogen) atoms. The number of anilines is 1. The van der Waals surface area contributed by atoms with Gasteiger partial charge in [0.1, 0.15) is 11.5 Å². The van der Waals surface area contributed by atoms with Crippen LogP contribution in [-0.2, 0) is 4.74 Å². The van der Waals surface area contributed by atoms with E-state index in [1.807, 2.05) is 36.4 Å². The van der Waals surface area contributed by atoms with Crippen LogP contribution in [0.3, 0.4) is 0 Å². The Bertz CT molecular complexity index is 840. The lowest BCUT2D eigenvalue weighted by Crippen LogP contribution is -2.40. The van der Waals surface area contributed by atoms with Crippen LogP contribution >= 0.6 is 11.6 Å². The number of ether oxygens (including phenoxy) is 3. The van der Waals surface area contributed by atoms with Crippen LogP contribution in [0.2, 0.25) is 5.02 Å². The van der Waals surface area contributed by atoms with E-state index in [0.717, 1.165) is 18.7 Å². The van der Waals surface area contributed by atoms with Gasteiger partial charge in [0.25, 0.3) is 0 Å². The second-order valence-electron chi connectivity index (χ2n) is 6.64. The van der Waals surface area contributed by atoms with Crippen molar-refractivity contribution in [1.29, 1.82) is 0 Å². The summed E-state index contributed by atoms with van der Waals surface area (Å²) in [5, 5.41) is 3.82. The van der Waals surface area contributed by atoms with Crippen LogP contribution in [0.25, 0.3) is 0 Å². The summed E-state index contributed by atoms with van der Waals surface area (Å²) < 4.78 is 16.2. The average molecular weight is 419 g/mol. The molecule has 3 N–H and O–H groups in total. The summed E-state index contributed by atoms with van der Waals surface area (Å²) in [6, 6.07) is 13.4. The highest BCUT2D eigenvalue weighted by Gasteiger charge is 2.22. The lowest BCUT2D eigenvalue weighted by Gasteiger charge is -2.34. The van der Waals surface area contributed by atoms with Crippen LogP contribution in [0.15, 0.2) is 47.5 Å². The number of nitrogens with two attached hydrogens (primary N) is 1. The van der Waals surface area contributed by atoms with Gasteiger partial charge in [0.2, 0.25) is 0 Å². The summed E-state index contributed by atoms with van der Waals surface area (Å²) in [5.41, 5.74) is 7.98. The van der Waals surface area contributed by atoms with Crippen molar-refractivity contribution in [1.82, 2.24) is 4.90 Å². The Morgan fingerprint density at radius 2 is 2.00 bits per heavy atom. The number of halogens is 1. The van der Waals surface area contributed by atoms with Crippen molar-refractivity contribution in [2.45, 2.75) is 6.04 Å². The Labute approximate surface area is 176 Å². The molecule has 0 aliphatic carbocycles. The summed E-state index contributed by atoms with van der Waals surface area (Å²) in [4.78, 5) is 6.94. The van der Waals surface area contributed by atoms with Crippen LogP contribution in [0, 0.1) is 0 Å². The molecule has 1 heterocycles. The maximum atomic E-state index is 6.22. The van der Waals surface area contributed by atoms with Crippen molar-refractivity contribution in [3.05, 3.63) is 53.1 Å². The molecule has 1 unspecified atom stereocenters. The Kier molecular flexibility index (Phi) is 7.57. The van der Waals surface area contributed by atoms with Gasteiger partial charge in [-0.05, 0) is 29.8 Å². The number of hydrogen-bond acceptors (Lipinski definition) is 5. The average Bonchev–Trinajstić information content (AvgIpc) is 2.74. The molecule has 1 fully saturated rings. The van der Waals surface area contributed by atoms with Crippen molar-refractivity contribution in [3.63, 3.8) is 0 Å². The van der Waals surface area contributed by atoms with Gasteiger partial charge in [-0.2, -0.15) is 0 Å². The second-order valence-corrected chi connectivity index (χ2v) is 7.07. The monoisotopic (exact) mass is 418 g/mol. The van der Waals surface area contributed by atoms with Gasteiger partial charge in [-0.3, -0.25) is 9.89 Å². The third kappa shape index (κ3) is 5.76. The highest BCUT2D eigenvalue weighted by atomic mass is 35.5.